The van der Waals surface area contributed by atoms with E-state index >= 15 is 0 Å². The topological polar surface area (TPSA) is 12.0 Å². The molecule has 0 fully saturated rings. The molecule has 15 heavy (non-hydrogen) atoms. The van der Waals surface area contributed by atoms with E-state index in [2.05, 4.69) is 5.32 Å². The third-order valence-corrected chi connectivity index (χ3v) is 2.84. The van der Waals surface area contributed by atoms with Crippen molar-refractivity contribution in [2.75, 3.05) is 5.32 Å². The fraction of sp³-hybridized carbons (Fsp3) is 0.0909. The third kappa shape index (κ3) is 2.53. The second-order valence-corrected chi connectivity index (χ2v) is 4.09. The van der Waals surface area contributed by atoms with Crippen molar-refractivity contribution in [2.24, 2.45) is 0 Å². The fourth-order valence-corrected chi connectivity index (χ4v) is 1.87. The van der Waals surface area contributed by atoms with E-state index in [1.807, 2.05) is 17.5 Å². The minimum Gasteiger partial charge on any atom is -0.378 e. The number of halogens is 2. The van der Waals surface area contributed by atoms with E-state index in [9.17, 15) is 8.78 Å². The average molecular weight is 225 g/mol. The maximum Gasteiger partial charge on any atom is 0.149 e. The molecule has 0 saturated heterocycles. The molecule has 0 aliphatic heterocycles. The van der Waals surface area contributed by atoms with Gasteiger partial charge >= 0.3 is 0 Å². The van der Waals surface area contributed by atoms with Crippen molar-refractivity contribution in [2.45, 2.75) is 6.54 Å². The Bertz CT molecular complexity index is 440. The van der Waals surface area contributed by atoms with Crippen LogP contribution in [0.1, 0.15) is 4.88 Å². The number of benzene rings is 1. The van der Waals surface area contributed by atoms with Gasteiger partial charge in [-0.25, -0.2) is 8.78 Å². The van der Waals surface area contributed by atoms with Crippen LogP contribution in [0.4, 0.5) is 14.5 Å². The SMILES string of the molecule is Fc1ccc(NCc2cccs2)c(F)c1. The summed E-state index contributed by atoms with van der Waals surface area (Å²) in [5, 5.41) is 4.87. The molecule has 1 aromatic heterocycles. The van der Waals surface area contributed by atoms with Crippen LogP contribution >= 0.6 is 11.3 Å². The summed E-state index contributed by atoms with van der Waals surface area (Å²) in [6.45, 7) is 0.556. The molecule has 2 aromatic rings. The summed E-state index contributed by atoms with van der Waals surface area (Å²) in [6.07, 6.45) is 0. The monoisotopic (exact) mass is 225 g/mol. The molecule has 1 heterocycles. The van der Waals surface area contributed by atoms with Crippen LogP contribution in [0.5, 0.6) is 0 Å². The predicted octanol–water partition coefficient (Wildman–Crippen LogP) is 3.64. The van der Waals surface area contributed by atoms with Crippen molar-refractivity contribution in [1.82, 2.24) is 0 Å². The Morgan fingerprint density at radius 1 is 1.20 bits per heavy atom. The average Bonchev–Trinajstić information content (AvgIpc) is 2.69. The number of nitrogens with one attached hydrogen (secondary N) is 1. The Labute approximate surface area is 90.4 Å². The van der Waals surface area contributed by atoms with E-state index in [0.717, 1.165) is 10.9 Å². The molecule has 0 spiro atoms. The standard InChI is InChI=1S/C11H9F2NS/c12-8-3-4-11(10(13)6-8)14-7-9-2-1-5-15-9/h1-6,14H,7H2. The third-order valence-electron chi connectivity index (χ3n) is 1.96. The first-order valence-corrected chi connectivity index (χ1v) is 5.35. The van der Waals surface area contributed by atoms with Crippen LogP contribution < -0.4 is 5.32 Å². The quantitative estimate of drug-likeness (QED) is 0.841. The van der Waals surface area contributed by atoms with Crippen LogP contribution in [-0.4, -0.2) is 0 Å². The highest BCUT2D eigenvalue weighted by Crippen LogP contribution is 2.17. The summed E-state index contributed by atoms with van der Waals surface area (Å²) in [7, 11) is 0. The lowest BCUT2D eigenvalue weighted by atomic mass is 10.3. The van der Waals surface area contributed by atoms with Crippen LogP contribution in [0.3, 0.4) is 0 Å². The molecular weight excluding hydrogens is 216 g/mol. The van der Waals surface area contributed by atoms with E-state index in [0.29, 0.717) is 12.2 Å². The van der Waals surface area contributed by atoms with Gasteiger partial charge in [0.2, 0.25) is 0 Å². The van der Waals surface area contributed by atoms with Crippen LogP contribution in [-0.2, 0) is 6.54 Å². The molecular formula is C11H9F2NS. The van der Waals surface area contributed by atoms with Gasteiger partial charge in [0.1, 0.15) is 11.6 Å². The zero-order valence-electron chi connectivity index (χ0n) is 7.84. The molecule has 0 aliphatic carbocycles. The van der Waals surface area contributed by atoms with Gasteiger partial charge in [-0.3, -0.25) is 0 Å². The summed E-state index contributed by atoms with van der Waals surface area (Å²) in [5.41, 5.74) is 0.324. The zero-order valence-corrected chi connectivity index (χ0v) is 8.65. The Hall–Kier alpha value is -1.42. The first kappa shape index (κ1) is 10.1. The first-order valence-electron chi connectivity index (χ1n) is 4.47. The highest BCUT2D eigenvalue weighted by Gasteiger charge is 2.03. The molecule has 0 atom stereocenters. The van der Waals surface area contributed by atoms with Gasteiger partial charge in [0, 0.05) is 17.5 Å². The molecule has 0 radical (unpaired) electrons. The molecule has 0 saturated carbocycles. The van der Waals surface area contributed by atoms with Gasteiger partial charge < -0.3 is 5.32 Å². The molecule has 1 aromatic carbocycles. The molecule has 0 amide bonds. The molecule has 78 valence electrons. The Balaban J connectivity index is 2.05. The lowest BCUT2D eigenvalue weighted by Crippen LogP contribution is -1.99. The lowest BCUT2D eigenvalue weighted by molar-refractivity contribution is 0.585. The number of anilines is 1. The van der Waals surface area contributed by atoms with Crippen molar-refractivity contribution >= 4 is 17.0 Å². The van der Waals surface area contributed by atoms with Gasteiger partial charge in [-0.05, 0) is 23.6 Å². The summed E-state index contributed by atoms with van der Waals surface area (Å²) in [5.74, 6) is -1.12. The highest BCUT2D eigenvalue weighted by atomic mass is 32.1. The number of hydrogen-bond donors (Lipinski definition) is 1. The van der Waals surface area contributed by atoms with E-state index < -0.39 is 11.6 Å². The van der Waals surface area contributed by atoms with E-state index in [1.54, 1.807) is 11.3 Å². The highest BCUT2D eigenvalue weighted by molar-refractivity contribution is 7.09. The number of hydrogen-bond acceptors (Lipinski definition) is 2. The maximum absolute atomic E-state index is 13.2. The lowest BCUT2D eigenvalue weighted by Gasteiger charge is -2.05. The Morgan fingerprint density at radius 3 is 2.73 bits per heavy atom. The van der Waals surface area contributed by atoms with Gasteiger partial charge in [-0.15, -0.1) is 11.3 Å². The molecule has 0 unspecified atom stereocenters. The Kier molecular flexibility index (Phi) is 2.97. The first-order chi connectivity index (χ1) is 7.25. The van der Waals surface area contributed by atoms with Crippen molar-refractivity contribution in [3.63, 3.8) is 0 Å². The number of rotatable bonds is 3. The van der Waals surface area contributed by atoms with E-state index in [1.165, 1.54) is 12.1 Å². The largest absolute Gasteiger partial charge is 0.378 e. The van der Waals surface area contributed by atoms with Crippen molar-refractivity contribution in [3.05, 3.63) is 52.2 Å². The smallest absolute Gasteiger partial charge is 0.149 e. The van der Waals surface area contributed by atoms with Gasteiger partial charge in [-0.2, -0.15) is 0 Å². The molecule has 2 rings (SSSR count). The second-order valence-electron chi connectivity index (χ2n) is 3.06. The summed E-state index contributed by atoms with van der Waals surface area (Å²) in [4.78, 5) is 1.11. The molecule has 1 N–H and O–H groups in total. The molecule has 4 heteroatoms. The van der Waals surface area contributed by atoms with Gasteiger partial charge in [-0.1, -0.05) is 6.07 Å². The molecule has 0 bridgehead atoms. The second kappa shape index (κ2) is 4.40. The summed E-state index contributed by atoms with van der Waals surface area (Å²) in [6, 6.07) is 7.40. The van der Waals surface area contributed by atoms with Crippen LogP contribution in [0, 0.1) is 11.6 Å². The minimum atomic E-state index is -0.563. The van der Waals surface area contributed by atoms with Gasteiger partial charge in [0.05, 0.1) is 5.69 Å². The van der Waals surface area contributed by atoms with E-state index in [-0.39, 0.29) is 0 Å². The van der Waals surface area contributed by atoms with Crippen LogP contribution in [0.15, 0.2) is 35.7 Å². The molecule has 1 nitrogen and oxygen atoms in total. The summed E-state index contributed by atoms with van der Waals surface area (Å²) >= 11 is 1.59. The van der Waals surface area contributed by atoms with E-state index in [4.69, 9.17) is 0 Å². The van der Waals surface area contributed by atoms with Crippen molar-refractivity contribution in [3.8, 4) is 0 Å². The maximum atomic E-state index is 13.2. The van der Waals surface area contributed by atoms with Crippen LogP contribution in [0.25, 0.3) is 0 Å². The minimum absolute atomic E-state index is 0.324. The zero-order chi connectivity index (χ0) is 10.7. The van der Waals surface area contributed by atoms with Crippen LogP contribution in [0.2, 0.25) is 0 Å². The predicted molar refractivity (Wildman–Crippen MR) is 58.0 cm³/mol. The molecule has 0 aliphatic rings. The normalized spacial score (nSPS) is 10.3. The van der Waals surface area contributed by atoms with Crippen molar-refractivity contribution < 1.29 is 8.78 Å². The number of thiophene rings is 1. The van der Waals surface area contributed by atoms with Gasteiger partial charge in [0.25, 0.3) is 0 Å². The fourth-order valence-electron chi connectivity index (χ4n) is 1.23. The Morgan fingerprint density at radius 2 is 2.07 bits per heavy atom. The summed E-state index contributed by atoms with van der Waals surface area (Å²) < 4.78 is 25.8. The van der Waals surface area contributed by atoms with Crippen molar-refractivity contribution in [1.29, 1.82) is 0 Å². The van der Waals surface area contributed by atoms with Gasteiger partial charge in [0.15, 0.2) is 0 Å².